The highest BCUT2D eigenvalue weighted by molar-refractivity contribution is 7.09. The molecule has 5 heteroatoms. The van der Waals surface area contributed by atoms with Crippen molar-refractivity contribution in [3.8, 4) is 11.4 Å². The molecule has 0 saturated carbocycles. The van der Waals surface area contributed by atoms with Crippen molar-refractivity contribution in [2.45, 2.75) is 13.3 Å². The quantitative estimate of drug-likeness (QED) is 0.744. The van der Waals surface area contributed by atoms with Gasteiger partial charge in [-0.15, -0.1) is 11.3 Å². The van der Waals surface area contributed by atoms with Crippen LogP contribution in [0.5, 0.6) is 0 Å². The van der Waals surface area contributed by atoms with Crippen molar-refractivity contribution in [2.75, 3.05) is 14.1 Å². The lowest BCUT2D eigenvalue weighted by molar-refractivity contribution is 0.0829. The van der Waals surface area contributed by atoms with E-state index in [0.717, 1.165) is 28.3 Å². The zero-order valence-electron chi connectivity index (χ0n) is 12.3. The van der Waals surface area contributed by atoms with Crippen LogP contribution in [0.25, 0.3) is 16.9 Å². The average molecular weight is 299 g/mol. The molecule has 0 aliphatic carbocycles. The summed E-state index contributed by atoms with van der Waals surface area (Å²) < 4.78 is 2.03. The maximum absolute atomic E-state index is 12.4. The SMILES string of the molecule is CCc1nc(-c2cc(C(=O)N(C)C)c3ccccn23)cs1. The Hall–Kier alpha value is -2.14. The molecule has 0 spiro atoms. The summed E-state index contributed by atoms with van der Waals surface area (Å²) in [5.41, 5.74) is 3.52. The fourth-order valence-electron chi connectivity index (χ4n) is 2.35. The molecule has 108 valence electrons. The van der Waals surface area contributed by atoms with Crippen molar-refractivity contribution >= 4 is 22.8 Å². The second kappa shape index (κ2) is 5.33. The Morgan fingerprint density at radius 3 is 2.86 bits per heavy atom. The third-order valence-corrected chi connectivity index (χ3v) is 4.42. The van der Waals surface area contributed by atoms with Gasteiger partial charge < -0.3 is 9.30 Å². The molecule has 0 unspecified atom stereocenters. The van der Waals surface area contributed by atoms with Crippen molar-refractivity contribution in [3.63, 3.8) is 0 Å². The Kier molecular flexibility index (Phi) is 3.51. The summed E-state index contributed by atoms with van der Waals surface area (Å²) in [6, 6.07) is 7.82. The first-order valence-electron chi connectivity index (χ1n) is 6.88. The largest absolute Gasteiger partial charge is 0.345 e. The number of amides is 1. The Morgan fingerprint density at radius 1 is 1.38 bits per heavy atom. The highest BCUT2D eigenvalue weighted by Crippen LogP contribution is 2.28. The number of rotatable bonds is 3. The zero-order chi connectivity index (χ0) is 15.0. The Balaban J connectivity index is 2.21. The molecule has 3 aromatic heterocycles. The molecule has 0 saturated heterocycles. The fourth-order valence-corrected chi connectivity index (χ4v) is 3.09. The predicted molar refractivity (Wildman–Crippen MR) is 85.9 cm³/mol. The summed E-state index contributed by atoms with van der Waals surface area (Å²) in [6.45, 7) is 2.10. The lowest BCUT2D eigenvalue weighted by atomic mass is 10.2. The molecule has 0 aliphatic rings. The highest BCUT2D eigenvalue weighted by Gasteiger charge is 2.18. The number of hydrogen-bond acceptors (Lipinski definition) is 3. The summed E-state index contributed by atoms with van der Waals surface area (Å²) in [5, 5.41) is 3.16. The van der Waals surface area contributed by atoms with E-state index in [-0.39, 0.29) is 5.91 Å². The number of thiazole rings is 1. The molecule has 0 N–H and O–H groups in total. The van der Waals surface area contributed by atoms with Crippen LogP contribution in [0.3, 0.4) is 0 Å². The lowest BCUT2D eigenvalue weighted by Crippen LogP contribution is -2.21. The lowest BCUT2D eigenvalue weighted by Gasteiger charge is -2.08. The molecular formula is C16H17N3OS. The minimum atomic E-state index is 0.0101. The van der Waals surface area contributed by atoms with Gasteiger partial charge >= 0.3 is 0 Å². The van der Waals surface area contributed by atoms with Crippen LogP contribution in [-0.2, 0) is 6.42 Å². The molecule has 0 bridgehead atoms. The molecule has 0 radical (unpaired) electrons. The molecule has 21 heavy (non-hydrogen) atoms. The zero-order valence-corrected chi connectivity index (χ0v) is 13.1. The van der Waals surface area contributed by atoms with Crippen LogP contribution in [-0.4, -0.2) is 34.3 Å². The van der Waals surface area contributed by atoms with Crippen LogP contribution in [0.1, 0.15) is 22.3 Å². The van der Waals surface area contributed by atoms with E-state index in [1.807, 2.05) is 34.9 Å². The van der Waals surface area contributed by atoms with Gasteiger partial charge in [-0.05, 0) is 24.6 Å². The molecule has 0 fully saturated rings. The van der Waals surface area contributed by atoms with Crippen molar-refractivity contribution in [2.24, 2.45) is 0 Å². The Labute approximate surface area is 127 Å². The van der Waals surface area contributed by atoms with Gasteiger partial charge in [0.25, 0.3) is 5.91 Å². The van der Waals surface area contributed by atoms with Crippen molar-refractivity contribution < 1.29 is 4.79 Å². The maximum Gasteiger partial charge on any atom is 0.255 e. The van der Waals surface area contributed by atoms with Crippen molar-refractivity contribution in [1.82, 2.24) is 14.3 Å². The normalized spacial score (nSPS) is 11.0. The monoisotopic (exact) mass is 299 g/mol. The highest BCUT2D eigenvalue weighted by atomic mass is 32.1. The van der Waals surface area contributed by atoms with Crippen LogP contribution in [0.15, 0.2) is 35.8 Å². The van der Waals surface area contributed by atoms with Gasteiger partial charge in [-0.3, -0.25) is 4.79 Å². The van der Waals surface area contributed by atoms with Crippen LogP contribution in [0.4, 0.5) is 0 Å². The second-order valence-electron chi connectivity index (χ2n) is 5.08. The van der Waals surface area contributed by atoms with Crippen LogP contribution < -0.4 is 0 Å². The summed E-state index contributed by atoms with van der Waals surface area (Å²) in [4.78, 5) is 18.6. The Bertz CT molecular complexity index is 801. The van der Waals surface area contributed by atoms with Gasteiger partial charge in [-0.1, -0.05) is 13.0 Å². The van der Waals surface area contributed by atoms with Crippen molar-refractivity contribution in [1.29, 1.82) is 0 Å². The number of aromatic nitrogens is 2. The van der Waals surface area contributed by atoms with E-state index < -0.39 is 0 Å². The number of pyridine rings is 1. The average Bonchev–Trinajstić information content (AvgIpc) is 3.10. The fraction of sp³-hybridized carbons (Fsp3) is 0.250. The van der Waals surface area contributed by atoms with E-state index in [9.17, 15) is 4.79 Å². The molecular weight excluding hydrogens is 282 g/mol. The minimum Gasteiger partial charge on any atom is -0.345 e. The van der Waals surface area contributed by atoms with Gasteiger partial charge in [0.15, 0.2) is 0 Å². The van der Waals surface area contributed by atoms with E-state index in [1.165, 1.54) is 0 Å². The Morgan fingerprint density at radius 2 is 2.19 bits per heavy atom. The van der Waals surface area contributed by atoms with E-state index in [0.29, 0.717) is 5.56 Å². The molecule has 0 atom stereocenters. The van der Waals surface area contributed by atoms with Gasteiger partial charge in [-0.2, -0.15) is 0 Å². The molecule has 3 rings (SSSR count). The van der Waals surface area contributed by atoms with Crippen LogP contribution >= 0.6 is 11.3 Å². The topological polar surface area (TPSA) is 37.6 Å². The minimum absolute atomic E-state index is 0.0101. The van der Waals surface area contributed by atoms with Gasteiger partial charge in [0.1, 0.15) is 0 Å². The molecule has 3 aromatic rings. The van der Waals surface area contributed by atoms with Gasteiger partial charge in [0, 0.05) is 25.7 Å². The third kappa shape index (κ3) is 2.34. The molecule has 0 aromatic carbocycles. The number of aryl methyl sites for hydroxylation is 1. The second-order valence-corrected chi connectivity index (χ2v) is 6.02. The summed E-state index contributed by atoms with van der Waals surface area (Å²) in [5.74, 6) is 0.0101. The number of nitrogens with zero attached hydrogens (tertiary/aromatic N) is 3. The van der Waals surface area contributed by atoms with Gasteiger partial charge in [0.2, 0.25) is 0 Å². The van der Waals surface area contributed by atoms with E-state index >= 15 is 0 Å². The first-order chi connectivity index (χ1) is 10.1. The van der Waals surface area contributed by atoms with Gasteiger partial charge in [0.05, 0.1) is 27.5 Å². The predicted octanol–water partition coefficient (Wildman–Crippen LogP) is 3.33. The number of carbonyl (C=O) groups is 1. The summed E-state index contributed by atoms with van der Waals surface area (Å²) in [7, 11) is 3.54. The number of fused-ring (bicyclic) bond motifs is 1. The molecule has 3 heterocycles. The third-order valence-electron chi connectivity index (χ3n) is 3.43. The summed E-state index contributed by atoms with van der Waals surface area (Å²) in [6.07, 6.45) is 2.90. The first-order valence-corrected chi connectivity index (χ1v) is 7.76. The van der Waals surface area contributed by atoms with E-state index in [2.05, 4.69) is 17.3 Å². The summed E-state index contributed by atoms with van der Waals surface area (Å²) >= 11 is 1.66. The number of hydrogen-bond donors (Lipinski definition) is 0. The maximum atomic E-state index is 12.4. The number of carbonyl (C=O) groups excluding carboxylic acids is 1. The van der Waals surface area contributed by atoms with Crippen LogP contribution in [0.2, 0.25) is 0 Å². The molecule has 0 aliphatic heterocycles. The van der Waals surface area contributed by atoms with Gasteiger partial charge in [-0.25, -0.2) is 4.98 Å². The van der Waals surface area contributed by atoms with Crippen LogP contribution in [0, 0.1) is 0 Å². The van der Waals surface area contributed by atoms with Crippen molar-refractivity contribution in [3.05, 3.63) is 46.4 Å². The molecule has 4 nitrogen and oxygen atoms in total. The first kappa shape index (κ1) is 13.8. The molecule has 1 amide bonds. The standard InChI is InChI=1S/C16H17N3OS/c1-4-15-17-12(10-21-15)14-9-11(16(20)18(2)3)13-7-5-6-8-19(13)14/h5-10H,4H2,1-3H3. The van der Waals surface area contributed by atoms with E-state index in [1.54, 1.807) is 30.3 Å². The smallest absolute Gasteiger partial charge is 0.255 e. The van der Waals surface area contributed by atoms with E-state index in [4.69, 9.17) is 0 Å².